The number of nitrogens with one attached hydrogen (secondary N) is 1. The molecule has 1 aromatic heterocycles. The number of hydrazone groups is 1. The van der Waals surface area contributed by atoms with E-state index in [0.29, 0.717) is 29.9 Å². The summed E-state index contributed by atoms with van der Waals surface area (Å²) in [7, 11) is 0. The summed E-state index contributed by atoms with van der Waals surface area (Å²) in [6.45, 7) is 3.84. The van der Waals surface area contributed by atoms with Crippen molar-refractivity contribution in [2.24, 2.45) is 5.10 Å². The lowest BCUT2D eigenvalue weighted by Gasteiger charge is -2.21. The molecule has 2 aliphatic rings. The number of halogens is 1. The highest BCUT2D eigenvalue weighted by atomic mass is 35.5. The number of aryl methyl sites for hydroxylation is 1. The monoisotopic (exact) mass is 506 g/mol. The van der Waals surface area contributed by atoms with Gasteiger partial charge in [0.1, 0.15) is 10.8 Å². The lowest BCUT2D eigenvalue weighted by Crippen LogP contribution is -2.35. The van der Waals surface area contributed by atoms with Gasteiger partial charge in [-0.25, -0.2) is 5.43 Å². The van der Waals surface area contributed by atoms with Crippen LogP contribution in [0.2, 0.25) is 5.02 Å². The van der Waals surface area contributed by atoms with E-state index in [2.05, 4.69) is 10.5 Å². The number of para-hydroxylation sites is 1. The third-order valence-corrected chi connectivity index (χ3v) is 6.96. The van der Waals surface area contributed by atoms with Crippen molar-refractivity contribution in [1.29, 1.82) is 0 Å². The van der Waals surface area contributed by atoms with E-state index in [1.807, 2.05) is 38.1 Å². The maximum Gasteiger partial charge on any atom is 0.294 e. The first-order valence-electron chi connectivity index (χ1n) is 11.6. The smallest absolute Gasteiger partial charge is 0.294 e. The molecule has 1 unspecified atom stereocenters. The highest BCUT2D eigenvalue weighted by Gasteiger charge is 2.36. The number of amides is 2. The van der Waals surface area contributed by atoms with E-state index in [0.717, 1.165) is 35.7 Å². The number of hydrogen-bond donors (Lipinski definition) is 1. The minimum Gasteiger partial charge on any atom is -0.455 e. The Morgan fingerprint density at radius 3 is 2.78 bits per heavy atom. The molecule has 0 saturated heterocycles. The van der Waals surface area contributed by atoms with Crippen molar-refractivity contribution in [3.8, 4) is 0 Å². The zero-order chi connectivity index (χ0) is 25.6. The van der Waals surface area contributed by atoms with Crippen molar-refractivity contribution in [3.05, 3.63) is 91.4 Å². The molecule has 2 heterocycles. The van der Waals surface area contributed by atoms with Crippen LogP contribution in [-0.4, -0.2) is 28.5 Å². The van der Waals surface area contributed by atoms with Gasteiger partial charge in [0, 0.05) is 40.9 Å². The molecular weight excluding hydrogens is 484 g/mol. The van der Waals surface area contributed by atoms with E-state index in [-0.39, 0.29) is 34.0 Å². The summed E-state index contributed by atoms with van der Waals surface area (Å²) < 4.78 is 6.08. The van der Waals surface area contributed by atoms with Crippen LogP contribution in [0.5, 0.6) is 0 Å². The van der Waals surface area contributed by atoms with Crippen molar-refractivity contribution in [2.75, 3.05) is 4.90 Å². The molecule has 1 aliphatic heterocycles. The Morgan fingerprint density at radius 2 is 2.00 bits per heavy atom. The number of nitro benzene ring substituents is 1. The SMILES string of the molecule is Cc1c(C(=O)N2c3ccccc3CC2C)oc2c1/C(=N/NC(=O)c1ccc(Cl)c([N+](=O)[O-])c1)CCC2. The van der Waals surface area contributed by atoms with Crippen molar-refractivity contribution in [3.63, 3.8) is 0 Å². The van der Waals surface area contributed by atoms with Gasteiger partial charge in [-0.2, -0.15) is 5.10 Å². The van der Waals surface area contributed by atoms with E-state index in [9.17, 15) is 19.7 Å². The van der Waals surface area contributed by atoms with Gasteiger partial charge in [0.15, 0.2) is 5.76 Å². The fourth-order valence-electron chi connectivity index (χ4n) is 4.95. The number of fused-ring (bicyclic) bond motifs is 2. The largest absolute Gasteiger partial charge is 0.455 e. The van der Waals surface area contributed by atoms with E-state index in [4.69, 9.17) is 16.0 Å². The standard InChI is InChI=1S/C26H23ClN4O5/c1-14-12-16-6-3-4-8-20(16)30(14)26(33)24-15(2)23-19(7-5-9-22(23)36-24)28-29-25(32)17-10-11-18(27)21(13-17)31(34)35/h3-4,6,8,10-11,13-14H,5,7,9,12H2,1-2H3,(H,29,32)/b28-19+. The number of nitro groups is 1. The van der Waals surface area contributed by atoms with Gasteiger partial charge in [-0.1, -0.05) is 29.8 Å². The quantitative estimate of drug-likeness (QED) is 0.385. The summed E-state index contributed by atoms with van der Waals surface area (Å²) in [5.41, 5.74) is 6.21. The molecule has 0 spiro atoms. The third kappa shape index (κ3) is 4.05. The first kappa shape index (κ1) is 23.7. The van der Waals surface area contributed by atoms with Crippen LogP contribution in [0.15, 0.2) is 52.0 Å². The molecule has 1 aliphatic carbocycles. The van der Waals surface area contributed by atoms with Crippen molar-refractivity contribution < 1.29 is 18.9 Å². The average Bonchev–Trinajstić information content (AvgIpc) is 3.38. The highest BCUT2D eigenvalue weighted by Crippen LogP contribution is 2.36. The Balaban J connectivity index is 1.43. The molecule has 1 atom stereocenters. The zero-order valence-corrected chi connectivity index (χ0v) is 20.5. The predicted octanol–water partition coefficient (Wildman–Crippen LogP) is 5.21. The Bertz CT molecular complexity index is 1440. The number of furan rings is 1. The molecule has 184 valence electrons. The lowest BCUT2D eigenvalue weighted by molar-refractivity contribution is -0.384. The second-order valence-electron chi connectivity index (χ2n) is 8.99. The molecule has 10 heteroatoms. The van der Waals surface area contributed by atoms with Crippen LogP contribution in [0.3, 0.4) is 0 Å². The van der Waals surface area contributed by atoms with Gasteiger partial charge in [-0.05, 0) is 56.9 Å². The summed E-state index contributed by atoms with van der Waals surface area (Å²) in [6, 6.07) is 11.7. The van der Waals surface area contributed by atoms with Crippen LogP contribution in [0, 0.1) is 17.0 Å². The minimum atomic E-state index is -0.647. The maximum absolute atomic E-state index is 13.6. The van der Waals surface area contributed by atoms with Crippen molar-refractivity contribution in [2.45, 2.75) is 45.6 Å². The Kier molecular flexibility index (Phi) is 6.09. The van der Waals surface area contributed by atoms with Crippen LogP contribution >= 0.6 is 11.6 Å². The predicted molar refractivity (Wildman–Crippen MR) is 135 cm³/mol. The van der Waals surface area contributed by atoms with Gasteiger partial charge in [0.05, 0.1) is 10.6 Å². The second kappa shape index (κ2) is 9.23. The normalized spacial score (nSPS) is 17.6. The Hall–Kier alpha value is -3.98. The van der Waals surface area contributed by atoms with E-state index in [1.165, 1.54) is 12.1 Å². The summed E-state index contributed by atoms with van der Waals surface area (Å²) in [4.78, 5) is 38.5. The van der Waals surface area contributed by atoms with Gasteiger partial charge in [0.25, 0.3) is 17.5 Å². The zero-order valence-electron chi connectivity index (χ0n) is 19.7. The van der Waals surface area contributed by atoms with Crippen LogP contribution < -0.4 is 10.3 Å². The van der Waals surface area contributed by atoms with Crippen LogP contribution in [-0.2, 0) is 12.8 Å². The Labute approximate surface area is 211 Å². The van der Waals surface area contributed by atoms with Crippen molar-refractivity contribution in [1.82, 2.24) is 5.43 Å². The summed E-state index contributed by atoms with van der Waals surface area (Å²) in [5.74, 6) is 0.140. The van der Waals surface area contributed by atoms with Crippen LogP contribution in [0.4, 0.5) is 11.4 Å². The molecule has 2 aromatic carbocycles. The third-order valence-electron chi connectivity index (χ3n) is 6.64. The number of anilines is 1. The fourth-order valence-corrected chi connectivity index (χ4v) is 5.13. The molecule has 0 saturated carbocycles. The molecule has 1 N–H and O–H groups in total. The van der Waals surface area contributed by atoms with Gasteiger partial charge in [-0.3, -0.25) is 19.7 Å². The average molecular weight is 507 g/mol. The van der Waals surface area contributed by atoms with E-state index >= 15 is 0 Å². The fraction of sp³-hybridized carbons (Fsp3) is 0.269. The van der Waals surface area contributed by atoms with Gasteiger partial charge >= 0.3 is 0 Å². The first-order chi connectivity index (χ1) is 17.3. The number of nitrogens with zero attached hydrogens (tertiary/aromatic N) is 3. The number of carbonyl (C=O) groups excluding carboxylic acids is 2. The number of benzene rings is 2. The molecular formula is C26H23ClN4O5. The maximum atomic E-state index is 13.6. The van der Waals surface area contributed by atoms with Crippen LogP contribution in [0.1, 0.15) is 63.1 Å². The number of rotatable bonds is 4. The van der Waals surface area contributed by atoms with Gasteiger partial charge < -0.3 is 9.32 Å². The molecule has 5 rings (SSSR count). The van der Waals surface area contributed by atoms with Crippen molar-refractivity contribution >= 4 is 40.5 Å². The molecule has 0 bridgehead atoms. The summed E-state index contributed by atoms with van der Waals surface area (Å²) in [5, 5.41) is 15.4. The van der Waals surface area contributed by atoms with E-state index < -0.39 is 10.8 Å². The second-order valence-corrected chi connectivity index (χ2v) is 9.39. The number of carbonyl (C=O) groups is 2. The van der Waals surface area contributed by atoms with Gasteiger partial charge in [0.2, 0.25) is 0 Å². The minimum absolute atomic E-state index is 0.00675. The number of hydrogen-bond acceptors (Lipinski definition) is 6. The lowest BCUT2D eigenvalue weighted by atomic mass is 9.93. The molecule has 0 fully saturated rings. The molecule has 36 heavy (non-hydrogen) atoms. The Morgan fingerprint density at radius 1 is 1.22 bits per heavy atom. The molecule has 9 nitrogen and oxygen atoms in total. The molecule has 0 radical (unpaired) electrons. The summed E-state index contributed by atoms with van der Waals surface area (Å²) >= 11 is 5.84. The summed E-state index contributed by atoms with van der Waals surface area (Å²) in [6.07, 6.45) is 2.78. The first-order valence-corrected chi connectivity index (χ1v) is 12.0. The molecule has 3 aromatic rings. The molecule has 2 amide bonds. The topological polar surface area (TPSA) is 118 Å². The highest BCUT2D eigenvalue weighted by molar-refractivity contribution is 6.32. The van der Waals surface area contributed by atoms with E-state index in [1.54, 1.807) is 4.90 Å². The van der Waals surface area contributed by atoms with Gasteiger partial charge in [-0.15, -0.1) is 0 Å². The van der Waals surface area contributed by atoms with Crippen LogP contribution in [0.25, 0.3) is 0 Å².